The van der Waals surface area contributed by atoms with Crippen LogP contribution < -0.4 is 0 Å². The first kappa shape index (κ1) is 22.7. The zero-order chi connectivity index (χ0) is 22.7. The summed E-state index contributed by atoms with van der Waals surface area (Å²) in [6.45, 7) is 11.8. The molecule has 5 rings (SSSR count). The summed E-state index contributed by atoms with van der Waals surface area (Å²) in [5, 5.41) is 4.23. The van der Waals surface area contributed by atoms with Crippen molar-refractivity contribution in [3.63, 3.8) is 0 Å². The fourth-order valence-electron chi connectivity index (χ4n) is 5.89. The number of hydrogen-bond donors (Lipinski definition) is 0. The van der Waals surface area contributed by atoms with Crippen LogP contribution in [0.25, 0.3) is 16.8 Å². The molecule has 2 aromatic carbocycles. The molecule has 161 valence electrons. The van der Waals surface area contributed by atoms with Gasteiger partial charge in [0.25, 0.3) is 0 Å². The van der Waals surface area contributed by atoms with Gasteiger partial charge in [0.1, 0.15) is 0 Å². The molecule has 2 unspecified atom stereocenters. The maximum absolute atomic E-state index is 6.80. The molecule has 0 nitrogen and oxygen atoms in total. The summed E-state index contributed by atoms with van der Waals surface area (Å²) in [5.74, 6) is 0.665. The molecule has 2 aromatic rings. The van der Waals surface area contributed by atoms with Crippen LogP contribution in [0.2, 0.25) is 13.1 Å². The van der Waals surface area contributed by atoms with E-state index in [1.807, 2.05) is 0 Å². The van der Waals surface area contributed by atoms with E-state index in [0.29, 0.717) is 5.92 Å². The molecule has 0 aliphatic heterocycles. The minimum absolute atomic E-state index is 0.274. The van der Waals surface area contributed by atoms with Gasteiger partial charge in [-0.15, -0.1) is 0 Å². The molecule has 0 spiro atoms. The zero-order valence-electron chi connectivity index (χ0n) is 19.2. The van der Waals surface area contributed by atoms with Crippen molar-refractivity contribution in [2.45, 2.75) is 39.8 Å². The Labute approximate surface area is 207 Å². The number of benzene rings is 2. The molecular weight excluding hydrogens is 614 g/mol. The van der Waals surface area contributed by atoms with Gasteiger partial charge in [0.05, 0.1) is 0 Å². The number of hydrogen-bond acceptors (Lipinski definition) is 0. The molecule has 32 heavy (non-hydrogen) atoms. The van der Waals surface area contributed by atoms with Crippen molar-refractivity contribution in [2.75, 3.05) is 0 Å². The van der Waals surface area contributed by atoms with Gasteiger partial charge in [-0.05, 0) is 0 Å². The van der Waals surface area contributed by atoms with Gasteiger partial charge < -0.3 is 0 Å². The van der Waals surface area contributed by atoms with E-state index < -0.39 is 27.5 Å². The van der Waals surface area contributed by atoms with Crippen molar-refractivity contribution in [2.24, 2.45) is 5.92 Å². The first-order valence-electron chi connectivity index (χ1n) is 11.2. The zero-order valence-corrected chi connectivity index (χ0v) is 25.3. The Bertz CT molecular complexity index is 1350. The molecule has 0 fully saturated rings. The topological polar surface area (TPSA) is 0 Å². The Balaban J connectivity index is 1.80. The second kappa shape index (κ2) is 8.62. The van der Waals surface area contributed by atoms with Crippen molar-refractivity contribution in [3.8, 4) is 0 Å². The van der Waals surface area contributed by atoms with Crippen LogP contribution in [-0.4, -0.2) is 13.6 Å². The van der Waals surface area contributed by atoms with Crippen molar-refractivity contribution in [1.29, 1.82) is 0 Å². The molecule has 0 N–H and O–H groups in total. The monoisotopic (exact) mass is 641 g/mol. The minimum atomic E-state index is -2.84. The molecule has 0 saturated carbocycles. The Morgan fingerprint density at radius 1 is 0.969 bits per heavy atom. The quantitative estimate of drug-likeness (QED) is 0.289. The van der Waals surface area contributed by atoms with Crippen LogP contribution in [0.3, 0.4) is 0 Å². The summed E-state index contributed by atoms with van der Waals surface area (Å²) in [6.07, 6.45) is 9.30. The predicted octanol–water partition coefficient (Wildman–Crippen LogP) is 8.49. The van der Waals surface area contributed by atoms with Crippen LogP contribution in [0.4, 0.5) is 0 Å². The third kappa shape index (κ3) is 3.45. The number of rotatable bonds is 2. The Hall–Kier alpha value is -1.06. The van der Waals surface area contributed by atoms with Crippen LogP contribution in [0.1, 0.15) is 37.8 Å². The average Bonchev–Trinajstić information content (AvgIpc) is 3.16. The van der Waals surface area contributed by atoms with E-state index in [4.69, 9.17) is 17.2 Å². The summed E-state index contributed by atoms with van der Waals surface area (Å²) >= 11 is -2.84. The van der Waals surface area contributed by atoms with E-state index in [-0.39, 0.29) is 5.92 Å². The van der Waals surface area contributed by atoms with Gasteiger partial charge in [0, 0.05) is 0 Å². The normalized spacial score (nSPS) is 22.2. The standard InChI is InChI=1S/C28H27Si.2ClH.Hf/c1-17-15-21-10-8-12-25(29(4)5)19(3)28(21)27(17)26-18(2)16-24-22-11-7-6-9-20(22)13-14-23(24)26;;;/h6-14,16,19,26H,1-5H3;2*1H;/q;;;+2/p-2. The van der Waals surface area contributed by atoms with E-state index in [9.17, 15) is 0 Å². The first-order chi connectivity index (χ1) is 15.3. The van der Waals surface area contributed by atoms with Gasteiger partial charge in [0.15, 0.2) is 0 Å². The van der Waals surface area contributed by atoms with E-state index in [0.717, 1.165) is 0 Å². The Morgan fingerprint density at radius 3 is 2.44 bits per heavy atom. The van der Waals surface area contributed by atoms with Crippen molar-refractivity contribution in [3.05, 3.63) is 96.9 Å². The first-order valence-corrected chi connectivity index (χ1v) is 24.4. The molecular formula is C28H27Cl2HfSi. The van der Waals surface area contributed by atoms with Crippen molar-refractivity contribution < 1.29 is 19.1 Å². The summed E-state index contributed by atoms with van der Waals surface area (Å²) < 4.78 is 1.30. The van der Waals surface area contributed by atoms with Gasteiger partial charge >= 0.3 is 209 Å². The fourth-order valence-corrected chi connectivity index (χ4v) is 14.3. The van der Waals surface area contributed by atoms with Gasteiger partial charge in [-0.3, -0.25) is 0 Å². The molecule has 0 aromatic heterocycles. The third-order valence-corrected chi connectivity index (χ3v) is 15.8. The molecule has 2 atom stereocenters. The molecule has 3 aliphatic carbocycles. The maximum atomic E-state index is 6.80. The molecule has 3 aliphatic rings. The number of fused-ring (bicyclic) bond motifs is 4. The average molecular weight is 641 g/mol. The molecule has 0 radical (unpaired) electrons. The second-order valence-corrected chi connectivity index (χ2v) is 23.3. The Morgan fingerprint density at radius 2 is 1.72 bits per heavy atom. The predicted molar refractivity (Wildman–Crippen MR) is 141 cm³/mol. The summed E-state index contributed by atoms with van der Waals surface area (Å²) in [4.78, 5) is 0. The summed E-state index contributed by atoms with van der Waals surface area (Å²) in [6, 6.07) is 13.4. The summed E-state index contributed by atoms with van der Waals surface area (Å²) in [5.41, 5.74) is 9.83. The van der Waals surface area contributed by atoms with Gasteiger partial charge in [0.2, 0.25) is 0 Å². The molecule has 4 heteroatoms. The molecule has 0 saturated heterocycles. The van der Waals surface area contributed by atoms with Gasteiger partial charge in [-0.1, -0.05) is 0 Å². The molecule has 0 heterocycles. The van der Waals surface area contributed by atoms with Crippen LogP contribution in [0.5, 0.6) is 0 Å². The van der Waals surface area contributed by atoms with Crippen LogP contribution in [0, 0.1) is 5.92 Å². The third-order valence-electron chi connectivity index (χ3n) is 7.26. The van der Waals surface area contributed by atoms with E-state index >= 15 is 0 Å². The van der Waals surface area contributed by atoms with Gasteiger partial charge in [-0.2, -0.15) is 0 Å². The van der Waals surface area contributed by atoms with E-state index in [2.05, 4.69) is 94.6 Å². The van der Waals surface area contributed by atoms with Crippen molar-refractivity contribution >= 4 is 47.6 Å². The van der Waals surface area contributed by atoms with Gasteiger partial charge in [-0.25, -0.2) is 0 Å². The van der Waals surface area contributed by atoms with E-state index in [1.54, 1.807) is 5.17 Å². The molecule has 0 bridgehead atoms. The Kier molecular flexibility index (Phi) is 6.12. The van der Waals surface area contributed by atoms with E-state index in [1.165, 1.54) is 53.1 Å². The SMILES string of the molecule is CC1=Cc2c(ccc3ccccc23)C1C1=C2C(=CC=CC(=[Si](C)C)C2C)[C]([Hf]([Cl])[Cl])=C1C. The summed E-state index contributed by atoms with van der Waals surface area (Å²) in [7, 11) is 13.0. The van der Waals surface area contributed by atoms with Crippen LogP contribution in [0.15, 0.2) is 85.8 Å². The second-order valence-electron chi connectivity index (χ2n) is 9.32. The molecule has 0 amide bonds. The van der Waals surface area contributed by atoms with Crippen LogP contribution >= 0.6 is 17.2 Å². The van der Waals surface area contributed by atoms with Crippen molar-refractivity contribution in [1.82, 2.24) is 0 Å². The number of allylic oxidation sites excluding steroid dienone is 9. The fraction of sp³-hybridized carbons (Fsp3) is 0.250. The number of halogens is 2. The van der Waals surface area contributed by atoms with Crippen LogP contribution in [-0.2, 0) is 19.1 Å².